The SMILES string of the molecule is Cc1cc(OCCO)c(C)cc1/C=C/C(=O)O. The fourth-order valence-electron chi connectivity index (χ4n) is 1.46. The highest BCUT2D eigenvalue weighted by Gasteiger charge is 2.04. The molecule has 0 bridgehead atoms. The smallest absolute Gasteiger partial charge is 0.328 e. The molecule has 0 heterocycles. The van der Waals surface area contributed by atoms with Gasteiger partial charge in [-0.1, -0.05) is 0 Å². The first kappa shape index (κ1) is 13.3. The van der Waals surface area contributed by atoms with Crippen LogP contribution in [0.4, 0.5) is 0 Å². The number of aliphatic hydroxyl groups is 1. The predicted molar refractivity (Wildman–Crippen MR) is 65.2 cm³/mol. The molecule has 0 unspecified atom stereocenters. The average Bonchev–Trinajstić information content (AvgIpc) is 2.27. The van der Waals surface area contributed by atoms with Gasteiger partial charge in [0.25, 0.3) is 0 Å². The molecule has 0 fully saturated rings. The molecule has 1 aromatic carbocycles. The zero-order valence-corrected chi connectivity index (χ0v) is 9.93. The number of rotatable bonds is 5. The van der Waals surface area contributed by atoms with Gasteiger partial charge in [0.15, 0.2) is 0 Å². The highest BCUT2D eigenvalue weighted by molar-refractivity contribution is 5.85. The number of carboxylic acid groups (broad SMARTS) is 1. The second-order valence-electron chi connectivity index (χ2n) is 3.72. The number of aliphatic carboxylic acids is 1. The lowest BCUT2D eigenvalue weighted by atomic mass is 10.0. The summed E-state index contributed by atoms with van der Waals surface area (Å²) in [4.78, 5) is 10.4. The van der Waals surface area contributed by atoms with E-state index in [9.17, 15) is 4.79 Å². The quantitative estimate of drug-likeness (QED) is 0.765. The third-order valence-corrected chi connectivity index (χ3v) is 2.32. The van der Waals surface area contributed by atoms with E-state index in [1.165, 1.54) is 0 Å². The zero-order valence-electron chi connectivity index (χ0n) is 9.93. The van der Waals surface area contributed by atoms with Gasteiger partial charge in [0.2, 0.25) is 0 Å². The molecule has 0 saturated carbocycles. The van der Waals surface area contributed by atoms with Gasteiger partial charge < -0.3 is 14.9 Å². The Kier molecular flexibility index (Phi) is 4.72. The first-order valence-corrected chi connectivity index (χ1v) is 5.30. The van der Waals surface area contributed by atoms with Crippen molar-refractivity contribution in [1.82, 2.24) is 0 Å². The highest BCUT2D eigenvalue weighted by Crippen LogP contribution is 2.23. The number of ether oxygens (including phenoxy) is 1. The maximum Gasteiger partial charge on any atom is 0.328 e. The van der Waals surface area contributed by atoms with Crippen molar-refractivity contribution in [3.05, 3.63) is 34.9 Å². The van der Waals surface area contributed by atoms with Crippen molar-refractivity contribution in [3.63, 3.8) is 0 Å². The summed E-state index contributed by atoms with van der Waals surface area (Å²) in [5.41, 5.74) is 2.69. The standard InChI is InChI=1S/C13H16O4/c1-9-8-12(17-6-5-14)10(2)7-11(9)3-4-13(15)16/h3-4,7-8,14H,5-6H2,1-2H3,(H,15,16)/b4-3+. The number of aryl methyl sites for hydroxylation is 2. The minimum absolute atomic E-state index is 0.0286. The molecule has 0 aliphatic carbocycles. The molecule has 0 amide bonds. The lowest BCUT2D eigenvalue weighted by molar-refractivity contribution is -0.131. The molecule has 0 aromatic heterocycles. The Labute approximate surface area is 100 Å². The summed E-state index contributed by atoms with van der Waals surface area (Å²) in [5, 5.41) is 17.3. The summed E-state index contributed by atoms with van der Waals surface area (Å²) in [6, 6.07) is 3.70. The van der Waals surface area contributed by atoms with E-state index in [1.807, 2.05) is 26.0 Å². The number of benzene rings is 1. The van der Waals surface area contributed by atoms with E-state index in [-0.39, 0.29) is 13.2 Å². The number of carboxylic acids is 1. The Morgan fingerprint density at radius 3 is 2.65 bits per heavy atom. The normalized spacial score (nSPS) is 10.8. The van der Waals surface area contributed by atoms with E-state index in [0.29, 0.717) is 5.75 Å². The second-order valence-corrected chi connectivity index (χ2v) is 3.72. The second kappa shape index (κ2) is 6.06. The number of carbonyl (C=O) groups is 1. The fraction of sp³-hybridized carbons (Fsp3) is 0.308. The van der Waals surface area contributed by atoms with Crippen molar-refractivity contribution >= 4 is 12.0 Å². The number of hydrogen-bond acceptors (Lipinski definition) is 3. The Hall–Kier alpha value is -1.81. The van der Waals surface area contributed by atoms with E-state index in [1.54, 1.807) is 6.08 Å². The van der Waals surface area contributed by atoms with Crippen LogP contribution in [0.25, 0.3) is 6.08 Å². The first-order chi connectivity index (χ1) is 8.04. The third kappa shape index (κ3) is 3.92. The fourth-order valence-corrected chi connectivity index (χ4v) is 1.46. The Morgan fingerprint density at radius 1 is 1.35 bits per heavy atom. The van der Waals surface area contributed by atoms with Gasteiger partial charge in [-0.3, -0.25) is 0 Å². The van der Waals surface area contributed by atoms with Gasteiger partial charge in [-0.05, 0) is 48.7 Å². The number of hydrogen-bond donors (Lipinski definition) is 2. The van der Waals surface area contributed by atoms with Crippen LogP contribution in [0.2, 0.25) is 0 Å². The molecule has 0 aliphatic rings. The van der Waals surface area contributed by atoms with Gasteiger partial charge >= 0.3 is 5.97 Å². The monoisotopic (exact) mass is 236 g/mol. The van der Waals surface area contributed by atoms with Gasteiger partial charge in [0.05, 0.1) is 6.61 Å². The summed E-state index contributed by atoms with van der Waals surface area (Å²) in [6.07, 6.45) is 2.66. The molecule has 0 atom stereocenters. The lowest BCUT2D eigenvalue weighted by Gasteiger charge is -2.10. The van der Waals surface area contributed by atoms with Crippen LogP contribution >= 0.6 is 0 Å². The van der Waals surface area contributed by atoms with Crippen molar-refractivity contribution in [2.75, 3.05) is 13.2 Å². The van der Waals surface area contributed by atoms with E-state index < -0.39 is 5.97 Å². The maximum absolute atomic E-state index is 10.4. The minimum Gasteiger partial charge on any atom is -0.491 e. The van der Waals surface area contributed by atoms with Crippen LogP contribution in [-0.2, 0) is 4.79 Å². The third-order valence-electron chi connectivity index (χ3n) is 2.32. The van der Waals surface area contributed by atoms with E-state index in [4.69, 9.17) is 14.9 Å². The topological polar surface area (TPSA) is 66.8 Å². The molecular weight excluding hydrogens is 220 g/mol. The molecule has 0 spiro atoms. The molecule has 0 aliphatic heterocycles. The van der Waals surface area contributed by atoms with Crippen LogP contribution in [0.5, 0.6) is 5.75 Å². The minimum atomic E-state index is -0.970. The van der Waals surface area contributed by atoms with Crippen molar-refractivity contribution in [3.8, 4) is 5.75 Å². The molecule has 17 heavy (non-hydrogen) atoms. The average molecular weight is 236 g/mol. The molecule has 4 heteroatoms. The lowest BCUT2D eigenvalue weighted by Crippen LogP contribution is -2.03. The molecule has 92 valence electrons. The van der Waals surface area contributed by atoms with Crippen LogP contribution in [0.1, 0.15) is 16.7 Å². The van der Waals surface area contributed by atoms with E-state index >= 15 is 0 Å². The zero-order chi connectivity index (χ0) is 12.8. The van der Waals surface area contributed by atoms with Gasteiger partial charge in [-0.15, -0.1) is 0 Å². The van der Waals surface area contributed by atoms with Crippen LogP contribution < -0.4 is 4.74 Å². The molecule has 1 aromatic rings. The summed E-state index contributed by atoms with van der Waals surface area (Å²) in [7, 11) is 0. The Balaban J connectivity index is 2.96. The number of aliphatic hydroxyl groups excluding tert-OH is 1. The van der Waals surface area contributed by atoms with Gasteiger partial charge in [0, 0.05) is 6.08 Å². The molecule has 0 saturated heterocycles. The van der Waals surface area contributed by atoms with Crippen molar-refractivity contribution in [2.45, 2.75) is 13.8 Å². The summed E-state index contributed by atoms with van der Waals surface area (Å²) in [5.74, 6) is -0.258. The summed E-state index contributed by atoms with van der Waals surface area (Å²) >= 11 is 0. The van der Waals surface area contributed by atoms with Crippen molar-refractivity contribution in [2.24, 2.45) is 0 Å². The largest absolute Gasteiger partial charge is 0.491 e. The molecular formula is C13H16O4. The Morgan fingerprint density at radius 2 is 2.06 bits per heavy atom. The van der Waals surface area contributed by atoms with Crippen LogP contribution in [0.15, 0.2) is 18.2 Å². The predicted octanol–water partition coefficient (Wildman–Crippen LogP) is 1.77. The Bertz CT molecular complexity index is 435. The maximum atomic E-state index is 10.4. The van der Waals surface area contributed by atoms with Crippen molar-refractivity contribution < 1.29 is 19.7 Å². The van der Waals surface area contributed by atoms with Gasteiger partial charge in [0.1, 0.15) is 12.4 Å². The molecule has 2 N–H and O–H groups in total. The summed E-state index contributed by atoms with van der Waals surface area (Å²) in [6.45, 7) is 3.99. The van der Waals surface area contributed by atoms with Gasteiger partial charge in [-0.25, -0.2) is 4.79 Å². The highest BCUT2D eigenvalue weighted by atomic mass is 16.5. The van der Waals surface area contributed by atoms with Crippen LogP contribution in [-0.4, -0.2) is 29.4 Å². The first-order valence-electron chi connectivity index (χ1n) is 5.30. The molecule has 0 radical (unpaired) electrons. The summed E-state index contributed by atoms with van der Waals surface area (Å²) < 4.78 is 5.36. The molecule has 4 nitrogen and oxygen atoms in total. The van der Waals surface area contributed by atoms with Gasteiger partial charge in [-0.2, -0.15) is 0 Å². The van der Waals surface area contributed by atoms with E-state index in [0.717, 1.165) is 22.8 Å². The van der Waals surface area contributed by atoms with E-state index in [2.05, 4.69) is 0 Å². The van der Waals surface area contributed by atoms with Crippen LogP contribution in [0.3, 0.4) is 0 Å². The molecule has 1 rings (SSSR count). The van der Waals surface area contributed by atoms with Crippen molar-refractivity contribution in [1.29, 1.82) is 0 Å². The van der Waals surface area contributed by atoms with Crippen LogP contribution in [0, 0.1) is 13.8 Å².